The van der Waals surface area contributed by atoms with Crippen LogP contribution in [0.3, 0.4) is 0 Å². The molecule has 1 fully saturated rings. The van der Waals surface area contributed by atoms with Crippen molar-refractivity contribution in [3.05, 3.63) is 0 Å². The summed E-state index contributed by atoms with van der Waals surface area (Å²) in [6, 6.07) is 0.152. The van der Waals surface area contributed by atoms with Crippen molar-refractivity contribution < 1.29 is 14.7 Å². The van der Waals surface area contributed by atoms with Crippen molar-refractivity contribution in [1.29, 1.82) is 0 Å². The van der Waals surface area contributed by atoms with Crippen LogP contribution >= 0.6 is 0 Å². The van der Waals surface area contributed by atoms with Gasteiger partial charge in [-0.3, -0.25) is 4.79 Å². The Kier molecular flexibility index (Phi) is 6.26. The first-order valence-corrected chi connectivity index (χ1v) is 7.26. The largest absolute Gasteiger partial charge is 0.481 e. The van der Waals surface area contributed by atoms with E-state index in [2.05, 4.69) is 11.9 Å². The van der Waals surface area contributed by atoms with E-state index < -0.39 is 5.97 Å². The summed E-state index contributed by atoms with van der Waals surface area (Å²) in [5, 5.41) is 8.79. The highest BCUT2D eigenvalue weighted by atomic mass is 16.4. The number of carboxylic acid groups (broad SMARTS) is 1. The maximum Gasteiger partial charge on any atom is 0.320 e. The lowest BCUT2D eigenvalue weighted by Gasteiger charge is -2.39. The second-order valence-electron chi connectivity index (χ2n) is 5.88. The average Bonchev–Trinajstić information content (AvgIpc) is 2.37. The molecule has 116 valence electrons. The smallest absolute Gasteiger partial charge is 0.320 e. The van der Waals surface area contributed by atoms with Crippen LogP contribution < -0.4 is 0 Å². The number of nitrogens with zero attached hydrogens (tertiary/aromatic N) is 3. The van der Waals surface area contributed by atoms with Gasteiger partial charge in [0.15, 0.2) is 0 Å². The van der Waals surface area contributed by atoms with Crippen molar-refractivity contribution in [2.45, 2.75) is 45.2 Å². The molecule has 0 saturated carbocycles. The Labute approximate surface area is 121 Å². The third kappa shape index (κ3) is 4.67. The van der Waals surface area contributed by atoms with Gasteiger partial charge in [0.25, 0.3) is 0 Å². The number of likely N-dealkylation sites (tertiary alicyclic amines) is 1. The molecule has 6 heteroatoms. The van der Waals surface area contributed by atoms with Gasteiger partial charge in [0, 0.05) is 32.2 Å². The summed E-state index contributed by atoms with van der Waals surface area (Å²) in [6.07, 6.45) is 2.09. The minimum absolute atomic E-state index is 0.00520. The summed E-state index contributed by atoms with van der Waals surface area (Å²) in [6.45, 7) is 6.05. The van der Waals surface area contributed by atoms with Crippen molar-refractivity contribution in [2.75, 3.05) is 33.7 Å². The fourth-order valence-corrected chi connectivity index (χ4v) is 2.60. The first-order chi connectivity index (χ1) is 9.32. The summed E-state index contributed by atoms with van der Waals surface area (Å²) in [5.41, 5.74) is 0. The van der Waals surface area contributed by atoms with Crippen LogP contribution in [0.15, 0.2) is 0 Å². The van der Waals surface area contributed by atoms with Gasteiger partial charge in [0.2, 0.25) is 0 Å². The van der Waals surface area contributed by atoms with Crippen LogP contribution in [0.25, 0.3) is 0 Å². The van der Waals surface area contributed by atoms with E-state index in [-0.39, 0.29) is 31.1 Å². The molecule has 6 nitrogen and oxygen atoms in total. The minimum Gasteiger partial charge on any atom is -0.481 e. The number of likely N-dealkylation sites (N-methyl/N-ethyl adjacent to an activating group) is 2. The van der Waals surface area contributed by atoms with E-state index >= 15 is 0 Å². The van der Waals surface area contributed by atoms with Crippen LogP contribution in [-0.2, 0) is 4.79 Å². The summed E-state index contributed by atoms with van der Waals surface area (Å²) in [4.78, 5) is 28.9. The number of hydrogen-bond acceptors (Lipinski definition) is 3. The molecule has 1 heterocycles. The van der Waals surface area contributed by atoms with Crippen molar-refractivity contribution in [3.63, 3.8) is 0 Å². The average molecular weight is 285 g/mol. The van der Waals surface area contributed by atoms with E-state index in [9.17, 15) is 9.59 Å². The van der Waals surface area contributed by atoms with Crippen LogP contribution in [0.2, 0.25) is 0 Å². The monoisotopic (exact) mass is 285 g/mol. The van der Waals surface area contributed by atoms with Gasteiger partial charge in [-0.2, -0.15) is 0 Å². The van der Waals surface area contributed by atoms with E-state index in [4.69, 9.17) is 5.11 Å². The van der Waals surface area contributed by atoms with E-state index in [0.717, 1.165) is 25.9 Å². The molecular weight excluding hydrogens is 258 g/mol. The first-order valence-electron chi connectivity index (χ1n) is 7.26. The van der Waals surface area contributed by atoms with Crippen LogP contribution in [0, 0.1) is 0 Å². The zero-order chi connectivity index (χ0) is 15.3. The van der Waals surface area contributed by atoms with Crippen molar-refractivity contribution in [1.82, 2.24) is 14.7 Å². The van der Waals surface area contributed by atoms with Crippen LogP contribution in [0.5, 0.6) is 0 Å². The van der Waals surface area contributed by atoms with Gasteiger partial charge in [0.1, 0.15) is 0 Å². The highest BCUT2D eigenvalue weighted by molar-refractivity contribution is 5.76. The first kappa shape index (κ1) is 16.8. The molecule has 0 spiro atoms. The van der Waals surface area contributed by atoms with Gasteiger partial charge in [-0.1, -0.05) is 0 Å². The Morgan fingerprint density at radius 3 is 2.55 bits per heavy atom. The number of aliphatic carboxylic acids is 1. The number of carbonyl (C=O) groups is 2. The van der Waals surface area contributed by atoms with Gasteiger partial charge in [0.05, 0.1) is 6.42 Å². The van der Waals surface area contributed by atoms with Gasteiger partial charge in [-0.15, -0.1) is 0 Å². The molecule has 1 N–H and O–H groups in total. The minimum atomic E-state index is -0.872. The molecule has 20 heavy (non-hydrogen) atoms. The molecule has 0 radical (unpaired) electrons. The number of carbonyl (C=O) groups excluding carboxylic acids is 1. The van der Waals surface area contributed by atoms with E-state index in [1.54, 1.807) is 9.80 Å². The molecule has 1 rings (SSSR count). The Hall–Kier alpha value is -1.30. The quantitative estimate of drug-likeness (QED) is 0.827. The summed E-state index contributed by atoms with van der Waals surface area (Å²) >= 11 is 0. The Morgan fingerprint density at radius 1 is 1.40 bits per heavy atom. The molecule has 1 aliphatic heterocycles. The van der Waals surface area contributed by atoms with Crippen LogP contribution in [0.4, 0.5) is 4.79 Å². The Bertz CT molecular complexity index is 347. The van der Waals surface area contributed by atoms with E-state index in [0.29, 0.717) is 0 Å². The molecular formula is C14H27N3O3. The molecule has 0 aromatic rings. The van der Waals surface area contributed by atoms with Crippen molar-refractivity contribution in [2.24, 2.45) is 0 Å². The zero-order valence-electron chi connectivity index (χ0n) is 13.0. The lowest BCUT2D eigenvalue weighted by atomic mass is 10.1. The second kappa shape index (κ2) is 7.47. The predicted molar refractivity (Wildman–Crippen MR) is 77.8 cm³/mol. The van der Waals surface area contributed by atoms with Gasteiger partial charge in [-0.05, 0) is 40.3 Å². The fourth-order valence-electron chi connectivity index (χ4n) is 2.60. The van der Waals surface area contributed by atoms with E-state index in [1.165, 1.54) is 0 Å². The molecule has 0 aliphatic carbocycles. The normalized spacial score (nSPS) is 19.9. The lowest BCUT2D eigenvalue weighted by Crippen LogP contribution is -2.53. The molecule has 0 aromatic carbocycles. The molecule has 2 amide bonds. The molecule has 0 aromatic heterocycles. The molecule has 1 aliphatic rings. The van der Waals surface area contributed by atoms with Crippen molar-refractivity contribution in [3.8, 4) is 0 Å². The number of carboxylic acids is 1. The SMILES string of the molecule is CC(C)N(CCC(=O)O)C(=O)N(C)C1CCCN(C)C1. The summed E-state index contributed by atoms with van der Waals surface area (Å²) < 4.78 is 0. The number of piperidine rings is 1. The summed E-state index contributed by atoms with van der Waals surface area (Å²) in [7, 11) is 3.89. The maximum absolute atomic E-state index is 12.5. The third-order valence-corrected chi connectivity index (χ3v) is 3.88. The number of rotatable bonds is 5. The van der Waals surface area contributed by atoms with Gasteiger partial charge >= 0.3 is 12.0 Å². The predicted octanol–water partition coefficient (Wildman–Crippen LogP) is 1.32. The molecule has 1 saturated heterocycles. The molecule has 1 atom stereocenters. The standard InChI is InChI=1S/C14H27N3O3/c1-11(2)17(9-7-13(18)19)14(20)16(4)12-6-5-8-15(3)10-12/h11-12H,5-10H2,1-4H3,(H,18,19). The van der Waals surface area contributed by atoms with Gasteiger partial charge < -0.3 is 19.8 Å². The highest BCUT2D eigenvalue weighted by Crippen LogP contribution is 2.16. The Balaban J connectivity index is 2.65. The topological polar surface area (TPSA) is 64.1 Å². The number of hydrogen-bond donors (Lipinski definition) is 1. The second-order valence-corrected chi connectivity index (χ2v) is 5.88. The Morgan fingerprint density at radius 2 is 2.05 bits per heavy atom. The highest BCUT2D eigenvalue weighted by Gasteiger charge is 2.28. The maximum atomic E-state index is 12.5. The lowest BCUT2D eigenvalue weighted by molar-refractivity contribution is -0.137. The fraction of sp³-hybridized carbons (Fsp3) is 0.857. The zero-order valence-corrected chi connectivity index (χ0v) is 13.0. The molecule has 1 unspecified atom stereocenters. The van der Waals surface area contributed by atoms with Crippen molar-refractivity contribution >= 4 is 12.0 Å². The number of amides is 2. The third-order valence-electron chi connectivity index (χ3n) is 3.88. The summed E-state index contributed by atoms with van der Waals surface area (Å²) in [5.74, 6) is -0.872. The van der Waals surface area contributed by atoms with E-state index in [1.807, 2.05) is 20.9 Å². The van der Waals surface area contributed by atoms with Gasteiger partial charge in [-0.25, -0.2) is 4.79 Å². The molecule has 0 bridgehead atoms. The van der Waals surface area contributed by atoms with Crippen LogP contribution in [0.1, 0.15) is 33.1 Å². The number of urea groups is 1. The van der Waals surface area contributed by atoms with Crippen LogP contribution in [-0.4, -0.2) is 77.6 Å².